The molecule has 0 aliphatic carbocycles. The molecular formula is CH5NaS2. The van der Waals surface area contributed by atoms with Gasteiger partial charge >= 0.3 is 29.6 Å². The maximum Gasteiger partial charge on any atom is 1.00 e. The largest absolute Gasteiger partial charge is 1.00 e. The second kappa shape index (κ2) is 8.83. The van der Waals surface area contributed by atoms with Gasteiger partial charge in [0.05, 0.1) is 0 Å². The Balaban J connectivity index is -0.0000000200. The van der Waals surface area contributed by atoms with Gasteiger partial charge in [-0.05, 0) is 6.26 Å². The van der Waals surface area contributed by atoms with Crippen LogP contribution < -0.4 is 29.6 Å². The second-order valence-corrected chi connectivity index (χ2v) is 1.64. The van der Waals surface area contributed by atoms with Gasteiger partial charge in [-0.15, -0.1) is 22.5 Å². The molecule has 0 spiro atoms. The summed E-state index contributed by atoms with van der Waals surface area (Å²) >= 11 is 3.71. The molecule has 0 nitrogen and oxygen atoms in total. The minimum Gasteiger partial charge on any atom is -1.00 e. The van der Waals surface area contributed by atoms with Crippen LogP contribution in [-0.4, -0.2) is 6.26 Å². The van der Waals surface area contributed by atoms with Crippen LogP contribution in [0.15, 0.2) is 0 Å². The van der Waals surface area contributed by atoms with Crippen molar-refractivity contribution in [3.8, 4) is 0 Å². The van der Waals surface area contributed by atoms with E-state index < -0.39 is 0 Å². The minimum atomic E-state index is 0. The molecular weight excluding hydrogens is 99.1 g/mol. The molecule has 0 amide bonds. The molecule has 0 heterocycles. The zero-order chi connectivity index (χ0) is 2.71. The smallest absolute Gasteiger partial charge is 1.00 e. The molecule has 0 bridgehead atoms. The average Bonchev–Trinajstić information content (AvgIpc) is 0.918. The molecule has 0 radical (unpaired) electrons. The van der Waals surface area contributed by atoms with Crippen LogP contribution in [-0.2, 0) is 0 Å². The Bertz CT molecular complexity index is 9.61. The van der Waals surface area contributed by atoms with Crippen molar-refractivity contribution < 1.29 is 31.0 Å². The first-order valence-corrected chi connectivity index (χ1v) is 2.87. The van der Waals surface area contributed by atoms with Gasteiger partial charge in [-0.2, -0.15) is 0 Å². The van der Waals surface area contributed by atoms with Crippen LogP contribution in [0.2, 0.25) is 0 Å². The van der Waals surface area contributed by atoms with Crippen LogP contribution in [0.4, 0.5) is 0 Å². The first-order chi connectivity index (χ1) is 1.41. The van der Waals surface area contributed by atoms with E-state index >= 15 is 0 Å². The molecule has 0 N–H and O–H groups in total. The van der Waals surface area contributed by atoms with Gasteiger partial charge in [0.25, 0.3) is 0 Å². The van der Waals surface area contributed by atoms with E-state index in [0.29, 0.717) is 0 Å². The third kappa shape index (κ3) is 9.33. The van der Waals surface area contributed by atoms with Crippen molar-refractivity contribution in [2.75, 3.05) is 6.26 Å². The third-order valence-electron chi connectivity index (χ3n) is 0. The van der Waals surface area contributed by atoms with Crippen LogP contribution in [0.1, 0.15) is 1.43 Å². The van der Waals surface area contributed by atoms with E-state index in [1.807, 2.05) is 6.26 Å². The Morgan fingerprint density at radius 2 is 2.00 bits per heavy atom. The fourth-order valence-electron chi connectivity index (χ4n) is 0. The average molecular weight is 104 g/mol. The van der Waals surface area contributed by atoms with Crippen LogP contribution >= 0.6 is 22.5 Å². The molecule has 0 aliphatic rings. The van der Waals surface area contributed by atoms with Crippen molar-refractivity contribution in [2.45, 2.75) is 0 Å². The maximum atomic E-state index is 3.71. The molecule has 0 rings (SSSR count). The Hall–Kier alpha value is 1.70. The van der Waals surface area contributed by atoms with Crippen molar-refractivity contribution in [3.05, 3.63) is 0 Å². The predicted molar refractivity (Wildman–Crippen MR) is 23.6 cm³/mol. The van der Waals surface area contributed by atoms with Gasteiger partial charge in [0.15, 0.2) is 0 Å². The van der Waals surface area contributed by atoms with Crippen molar-refractivity contribution in [3.63, 3.8) is 0 Å². The Morgan fingerprint density at radius 1 is 2.00 bits per heavy atom. The Morgan fingerprint density at radius 3 is 2.00 bits per heavy atom. The standard InChI is InChI=1S/CH4S2.Na.H/c1-3-2;;/h2H,1H3;;/q;+1;-1. The zero-order valence-electron chi connectivity index (χ0n) is 3.86. The molecule has 0 saturated heterocycles. The summed E-state index contributed by atoms with van der Waals surface area (Å²) in [6.07, 6.45) is 1.91. The number of hydrogen-bond acceptors (Lipinski definition) is 2. The Kier molecular flexibility index (Phi) is 20.3. The molecule has 0 fully saturated rings. The first-order valence-electron chi connectivity index (χ1n) is 0.591. The molecule has 22 valence electrons. The normalized spacial score (nSPS) is 4.50. The third-order valence-corrected chi connectivity index (χ3v) is 0. The van der Waals surface area contributed by atoms with Gasteiger partial charge in [0, 0.05) is 0 Å². The van der Waals surface area contributed by atoms with Crippen molar-refractivity contribution in [1.29, 1.82) is 0 Å². The van der Waals surface area contributed by atoms with Crippen LogP contribution in [0, 0.1) is 0 Å². The topological polar surface area (TPSA) is 0 Å². The fraction of sp³-hybridized carbons (Fsp3) is 1.00. The molecule has 0 atom stereocenters. The summed E-state index contributed by atoms with van der Waals surface area (Å²) in [6.45, 7) is 0. The maximum absolute atomic E-state index is 3.71. The summed E-state index contributed by atoms with van der Waals surface area (Å²) in [6, 6.07) is 0. The second-order valence-electron chi connectivity index (χ2n) is 0.183. The van der Waals surface area contributed by atoms with E-state index in [1.165, 1.54) is 10.8 Å². The summed E-state index contributed by atoms with van der Waals surface area (Å²) in [4.78, 5) is 0. The zero-order valence-corrected chi connectivity index (χ0v) is 6.57. The monoisotopic (exact) mass is 104 g/mol. The fourth-order valence-corrected chi connectivity index (χ4v) is 0. The van der Waals surface area contributed by atoms with Gasteiger partial charge in [0.1, 0.15) is 0 Å². The molecule has 0 aliphatic heterocycles. The van der Waals surface area contributed by atoms with Crippen LogP contribution in [0.3, 0.4) is 0 Å². The van der Waals surface area contributed by atoms with Crippen molar-refractivity contribution in [1.82, 2.24) is 0 Å². The van der Waals surface area contributed by atoms with Gasteiger partial charge in [-0.25, -0.2) is 0 Å². The van der Waals surface area contributed by atoms with Gasteiger partial charge in [0.2, 0.25) is 0 Å². The van der Waals surface area contributed by atoms with E-state index in [-0.39, 0.29) is 31.0 Å². The summed E-state index contributed by atoms with van der Waals surface area (Å²) in [5.41, 5.74) is 0. The quantitative estimate of drug-likeness (QED) is 0.217. The molecule has 0 aromatic rings. The summed E-state index contributed by atoms with van der Waals surface area (Å²) < 4.78 is 0. The summed E-state index contributed by atoms with van der Waals surface area (Å²) in [5, 5.41) is 0. The number of rotatable bonds is 0. The number of hydrogen-bond donors (Lipinski definition) is 1. The first kappa shape index (κ1) is 9.20. The SMILES string of the molecule is CSS.[H-].[Na+]. The molecule has 0 unspecified atom stereocenters. The molecule has 0 aromatic heterocycles. The minimum absolute atomic E-state index is 0. The van der Waals surface area contributed by atoms with Crippen LogP contribution in [0.5, 0.6) is 0 Å². The van der Waals surface area contributed by atoms with E-state index in [9.17, 15) is 0 Å². The summed E-state index contributed by atoms with van der Waals surface area (Å²) in [5.74, 6) is 0. The van der Waals surface area contributed by atoms with Gasteiger partial charge in [-0.3, -0.25) is 0 Å². The van der Waals surface area contributed by atoms with Crippen LogP contribution in [0.25, 0.3) is 0 Å². The predicted octanol–water partition coefficient (Wildman–Crippen LogP) is -1.69. The van der Waals surface area contributed by atoms with Gasteiger partial charge in [-0.1, -0.05) is 0 Å². The molecule has 3 heteroatoms. The van der Waals surface area contributed by atoms with E-state index in [4.69, 9.17) is 0 Å². The molecule has 0 aromatic carbocycles. The number of thiol groups is 1. The Labute approximate surface area is 59.3 Å². The van der Waals surface area contributed by atoms with Gasteiger partial charge < -0.3 is 1.43 Å². The summed E-state index contributed by atoms with van der Waals surface area (Å²) in [7, 11) is 1.44. The van der Waals surface area contributed by atoms with E-state index in [1.54, 1.807) is 0 Å². The van der Waals surface area contributed by atoms with Crippen molar-refractivity contribution in [2.24, 2.45) is 0 Å². The van der Waals surface area contributed by atoms with Crippen molar-refractivity contribution >= 4 is 22.5 Å². The molecule has 4 heavy (non-hydrogen) atoms. The van der Waals surface area contributed by atoms with E-state index in [0.717, 1.165) is 0 Å². The van der Waals surface area contributed by atoms with E-state index in [2.05, 4.69) is 11.7 Å². The molecule has 0 saturated carbocycles.